The maximum absolute atomic E-state index is 11.6. The number of amides is 1. The van der Waals surface area contributed by atoms with Gasteiger partial charge in [0.2, 0.25) is 0 Å². The van der Waals surface area contributed by atoms with E-state index in [1.54, 1.807) is 0 Å². The number of halogens is 1. The van der Waals surface area contributed by atoms with Crippen LogP contribution < -0.4 is 15.8 Å². The van der Waals surface area contributed by atoms with E-state index in [1.807, 2.05) is 32.0 Å². The molecule has 0 bridgehead atoms. The van der Waals surface area contributed by atoms with Crippen LogP contribution in [0.15, 0.2) is 22.7 Å². The van der Waals surface area contributed by atoms with Gasteiger partial charge in [0.05, 0.1) is 0 Å². The van der Waals surface area contributed by atoms with Gasteiger partial charge in [0.1, 0.15) is 5.75 Å². The highest BCUT2D eigenvalue weighted by Crippen LogP contribution is 2.22. The largest absolute Gasteiger partial charge is 0.483 e. The van der Waals surface area contributed by atoms with Gasteiger partial charge in [-0.2, -0.15) is 0 Å². The third kappa shape index (κ3) is 4.66. The molecular weight excluding hydrogens is 296 g/mol. The van der Waals surface area contributed by atoms with E-state index in [0.717, 1.165) is 16.5 Å². The molecule has 18 heavy (non-hydrogen) atoms. The lowest BCUT2D eigenvalue weighted by Crippen LogP contribution is -2.35. The first kappa shape index (κ1) is 15.0. The first-order valence-corrected chi connectivity index (χ1v) is 6.76. The van der Waals surface area contributed by atoms with Gasteiger partial charge in [-0.25, -0.2) is 0 Å². The smallest absolute Gasteiger partial charge is 0.258 e. The Balaban J connectivity index is 2.55. The summed E-state index contributed by atoms with van der Waals surface area (Å²) < 4.78 is 6.42. The summed E-state index contributed by atoms with van der Waals surface area (Å²) in [7, 11) is 0. The normalized spacial score (nSPS) is 12.0. The highest BCUT2D eigenvalue weighted by molar-refractivity contribution is 9.10. The first-order valence-electron chi connectivity index (χ1n) is 5.97. The zero-order chi connectivity index (χ0) is 13.5. The molecule has 1 unspecified atom stereocenters. The molecule has 1 aromatic carbocycles. The molecule has 0 aliphatic carbocycles. The van der Waals surface area contributed by atoms with E-state index < -0.39 is 0 Å². The van der Waals surface area contributed by atoms with Crippen molar-refractivity contribution in [3.63, 3.8) is 0 Å². The van der Waals surface area contributed by atoms with Gasteiger partial charge >= 0.3 is 0 Å². The lowest BCUT2D eigenvalue weighted by molar-refractivity contribution is -0.123. The van der Waals surface area contributed by atoms with Crippen LogP contribution in [0.1, 0.15) is 25.8 Å². The molecule has 1 atom stereocenters. The monoisotopic (exact) mass is 314 g/mol. The second kappa shape index (κ2) is 7.38. The van der Waals surface area contributed by atoms with E-state index in [2.05, 4.69) is 21.2 Å². The van der Waals surface area contributed by atoms with Crippen LogP contribution in [-0.4, -0.2) is 18.6 Å². The predicted octanol–water partition coefficient (Wildman–Crippen LogP) is 2.20. The third-order valence-electron chi connectivity index (χ3n) is 2.62. The standard InChI is InChI=1S/C13H19BrN2O2/c1-3-9(2)16-13(17)8-18-12-5-4-11(14)6-10(12)7-15/h4-6,9H,3,7-8,15H2,1-2H3,(H,16,17). The van der Waals surface area contributed by atoms with Crippen molar-refractivity contribution in [1.29, 1.82) is 0 Å². The van der Waals surface area contributed by atoms with Crippen molar-refractivity contribution < 1.29 is 9.53 Å². The molecule has 4 nitrogen and oxygen atoms in total. The van der Waals surface area contributed by atoms with Crippen molar-refractivity contribution in [1.82, 2.24) is 5.32 Å². The Morgan fingerprint density at radius 3 is 2.89 bits per heavy atom. The van der Waals surface area contributed by atoms with Crippen LogP contribution in [0, 0.1) is 0 Å². The van der Waals surface area contributed by atoms with Crippen molar-refractivity contribution >= 4 is 21.8 Å². The molecular formula is C13H19BrN2O2. The van der Waals surface area contributed by atoms with E-state index in [9.17, 15) is 4.79 Å². The highest BCUT2D eigenvalue weighted by Gasteiger charge is 2.08. The van der Waals surface area contributed by atoms with Crippen LogP contribution in [0.25, 0.3) is 0 Å². The topological polar surface area (TPSA) is 64.3 Å². The van der Waals surface area contributed by atoms with Crippen molar-refractivity contribution in [2.24, 2.45) is 5.73 Å². The van der Waals surface area contributed by atoms with E-state index in [4.69, 9.17) is 10.5 Å². The number of nitrogens with two attached hydrogens (primary N) is 1. The summed E-state index contributed by atoms with van der Waals surface area (Å²) in [5, 5.41) is 2.84. The first-order chi connectivity index (χ1) is 8.56. The second-order valence-corrected chi connectivity index (χ2v) is 5.04. The number of nitrogens with one attached hydrogen (secondary N) is 1. The number of carbonyl (C=O) groups excluding carboxylic acids is 1. The van der Waals surface area contributed by atoms with Crippen molar-refractivity contribution in [2.45, 2.75) is 32.9 Å². The Morgan fingerprint density at radius 2 is 2.28 bits per heavy atom. The SMILES string of the molecule is CCC(C)NC(=O)COc1ccc(Br)cc1CN. The minimum Gasteiger partial charge on any atom is -0.483 e. The maximum atomic E-state index is 11.6. The van der Waals surface area contributed by atoms with Crippen LogP contribution in [0.2, 0.25) is 0 Å². The molecule has 0 aliphatic heterocycles. The third-order valence-corrected chi connectivity index (χ3v) is 3.11. The number of hydrogen-bond acceptors (Lipinski definition) is 3. The fourth-order valence-corrected chi connectivity index (χ4v) is 1.82. The lowest BCUT2D eigenvalue weighted by Gasteiger charge is -2.13. The van der Waals surface area contributed by atoms with Crippen molar-refractivity contribution in [3.8, 4) is 5.75 Å². The summed E-state index contributed by atoms with van der Waals surface area (Å²) >= 11 is 3.37. The average Bonchev–Trinajstić information content (AvgIpc) is 2.36. The Bertz CT molecular complexity index is 410. The van der Waals surface area contributed by atoms with E-state index >= 15 is 0 Å². The molecule has 1 rings (SSSR count). The van der Waals surface area contributed by atoms with Gasteiger partial charge in [0.25, 0.3) is 5.91 Å². The Hall–Kier alpha value is -1.07. The molecule has 0 spiro atoms. The molecule has 100 valence electrons. The van der Waals surface area contributed by atoms with Crippen LogP contribution in [-0.2, 0) is 11.3 Å². The van der Waals surface area contributed by atoms with E-state index in [1.165, 1.54) is 0 Å². The molecule has 0 saturated carbocycles. The maximum Gasteiger partial charge on any atom is 0.258 e. The van der Waals surface area contributed by atoms with Crippen LogP contribution in [0.3, 0.4) is 0 Å². The summed E-state index contributed by atoms with van der Waals surface area (Å²) in [4.78, 5) is 11.6. The predicted molar refractivity (Wildman–Crippen MR) is 75.4 cm³/mol. The summed E-state index contributed by atoms with van der Waals surface area (Å²) in [5.74, 6) is 0.537. The van der Waals surface area contributed by atoms with Gasteiger partial charge in [-0.15, -0.1) is 0 Å². The van der Waals surface area contributed by atoms with Gasteiger partial charge in [-0.1, -0.05) is 22.9 Å². The molecule has 3 N–H and O–H groups in total. The zero-order valence-electron chi connectivity index (χ0n) is 10.7. The Morgan fingerprint density at radius 1 is 1.56 bits per heavy atom. The molecule has 0 aliphatic rings. The number of benzene rings is 1. The molecule has 0 heterocycles. The van der Waals surface area contributed by atoms with Gasteiger partial charge in [-0.05, 0) is 31.5 Å². The Kier molecular flexibility index (Phi) is 6.15. The lowest BCUT2D eigenvalue weighted by atomic mass is 10.2. The molecule has 1 amide bonds. The summed E-state index contributed by atoms with van der Waals surface area (Å²) in [6.45, 7) is 4.37. The number of rotatable bonds is 6. The summed E-state index contributed by atoms with van der Waals surface area (Å²) in [5.41, 5.74) is 6.50. The second-order valence-electron chi connectivity index (χ2n) is 4.12. The average molecular weight is 315 g/mol. The van der Waals surface area contributed by atoms with Crippen LogP contribution in [0.4, 0.5) is 0 Å². The molecule has 0 saturated heterocycles. The number of hydrogen-bond donors (Lipinski definition) is 2. The van der Waals surface area contributed by atoms with Gasteiger partial charge < -0.3 is 15.8 Å². The van der Waals surface area contributed by atoms with Crippen molar-refractivity contribution in [2.75, 3.05) is 6.61 Å². The van der Waals surface area contributed by atoms with Gasteiger partial charge in [0.15, 0.2) is 6.61 Å². The van der Waals surface area contributed by atoms with Crippen LogP contribution >= 0.6 is 15.9 Å². The fraction of sp³-hybridized carbons (Fsp3) is 0.462. The van der Waals surface area contributed by atoms with Gasteiger partial charge in [0, 0.05) is 22.6 Å². The molecule has 0 fully saturated rings. The molecule has 0 radical (unpaired) electrons. The van der Waals surface area contributed by atoms with E-state index in [-0.39, 0.29) is 18.6 Å². The number of ether oxygens (including phenoxy) is 1. The minimum absolute atomic E-state index is 0.0129. The van der Waals surface area contributed by atoms with Crippen molar-refractivity contribution in [3.05, 3.63) is 28.2 Å². The van der Waals surface area contributed by atoms with Gasteiger partial charge in [-0.3, -0.25) is 4.79 Å². The highest BCUT2D eigenvalue weighted by atomic mass is 79.9. The minimum atomic E-state index is -0.116. The Labute approximate surface area is 116 Å². The fourth-order valence-electron chi connectivity index (χ4n) is 1.41. The summed E-state index contributed by atoms with van der Waals surface area (Å²) in [6.07, 6.45) is 0.901. The number of carbonyl (C=O) groups is 1. The zero-order valence-corrected chi connectivity index (χ0v) is 12.3. The molecule has 0 aromatic heterocycles. The summed E-state index contributed by atoms with van der Waals surface area (Å²) in [6, 6.07) is 5.73. The molecule has 1 aromatic rings. The van der Waals surface area contributed by atoms with E-state index in [0.29, 0.717) is 12.3 Å². The van der Waals surface area contributed by atoms with Crippen LogP contribution in [0.5, 0.6) is 5.75 Å². The quantitative estimate of drug-likeness (QED) is 0.846. The molecule has 5 heteroatoms.